The summed E-state index contributed by atoms with van der Waals surface area (Å²) in [5.74, 6) is 0.238. The summed E-state index contributed by atoms with van der Waals surface area (Å²) >= 11 is -0.240. The number of furan rings is 1. The zero-order chi connectivity index (χ0) is 22.3. The molecule has 0 amide bonds. The first-order valence-corrected chi connectivity index (χ1v) is 13.6. The van der Waals surface area contributed by atoms with E-state index in [4.69, 9.17) is 4.42 Å². The van der Waals surface area contributed by atoms with Gasteiger partial charge in [-0.05, 0) is 0 Å². The number of aliphatic hydroxyl groups is 1. The Labute approximate surface area is 191 Å². The quantitative estimate of drug-likeness (QED) is 0.315. The average Bonchev–Trinajstić information content (AvgIpc) is 3.30. The van der Waals surface area contributed by atoms with Gasteiger partial charge in [0.05, 0.1) is 0 Å². The van der Waals surface area contributed by atoms with Crippen LogP contribution in [0, 0.1) is 6.92 Å². The third-order valence-electron chi connectivity index (χ3n) is 4.95. The Kier molecular flexibility index (Phi) is 8.33. The average molecular weight is 504 g/mol. The van der Waals surface area contributed by atoms with Crippen molar-refractivity contribution in [2.24, 2.45) is 0 Å². The van der Waals surface area contributed by atoms with Crippen molar-refractivity contribution in [2.45, 2.75) is 50.5 Å². The van der Waals surface area contributed by atoms with Gasteiger partial charge in [-0.1, -0.05) is 0 Å². The van der Waals surface area contributed by atoms with E-state index in [0.29, 0.717) is 6.42 Å². The fourth-order valence-electron chi connectivity index (χ4n) is 3.26. The van der Waals surface area contributed by atoms with Gasteiger partial charge in [-0.2, -0.15) is 0 Å². The van der Waals surface area contributed by atoms with Crippen molar-refractivity contribution < 1.29 is 17.9 Å². The van der Waals surface area contributed by atoms with Crippen LogP contribution < -0.4 is 4.46 Å². The second-order valence-electron chi connectivity index (χ2n) is 7.39. The Hall–Kier alpha value is -2.11. The molecule has 2 aromatic carbocycles. The summed E-state index contributed by atoms with van der Waals surface area (Å²) in [6.07, 6.45) is 3.64. The summed E-state index contributed by atoms with van der Waals surface area (Å²) in [7, 11) is -3.91. The first-order chi connectivity index (χ1) is 14.9. The number of rotatable bonds is 10. The van der Waals surface area contributed by atoms with Crippen LogP contribution in [0.3, 0.4) is 0 Å². The molecule has 31 heavy (non-hydrogen) atoms. The second-order valence-corrected chi connectivity index (χ2v) is 11.8. The zero-order valence-electron chi connectivity index (χ0n) is 17.8. The maximum atomic E-state index is 13.8. The molecule has 0 aliphatic heterocycles. The molecule has 0 aliphatic carbocycles. The molecule has 6 heteroatoms. The first-order valence-electron chi connectivity index (χ1n) is 10.4. The Morgan fingerprint density at radius 2 is 1.71 bits per heavy atom. The Morgan fingerprint density at radius 1 is 1.00 bits per heavy atom. The van der Waals surface area contributed by atoms with E-state index < -0.39 is 15.9 Å². The monoisotopic (exact) mass is 504 g/mol. The van der Waals surface area contributed by atoms with Crippen LogP contribution in [0.15, 0.2) is 91.7 Å². The molecular formula is C25H28O4SSe. The van der Waals surface area contributed by atoms with Gasteiger partial charge in [0.2, 0.25) is 0 Å². The van der Waals surface area contributed by atoms with Crippen LogP contribution in [-0.4, -0.2) is 28.5 Å². The van der Waals surface area contributed by atoms with Crippen molar-refractivity contribution in [1.29, 1.82) is 0 Å². The number of sulfone groups is 1. The van der Waals surface area contributed by atoms with E-state index in [9.17, 15) is 13.5 Å². The van der Waals surface area contributed by atoms with Gasteiger partial charge < -0.3 is 0 Å². The number of aliphatic hydroxyl groups excluding tert-OH is 1. The summed E-state index contributed by atoms with van der Waals surface area (Å²) in [4.78, 5) is 0.252. The molecule has 0 saturated carbocycles. The van der Waals surface area contributed by atoms with Crippen LogP contribution in [0.5, 0.6) is 0 Å². The SMILES string of the molecule is CCCCC/C([Se]c1ccccc1)=C(\C(O)c1ccco1)S(=O)(=O)c1ccc(C)cc1. The van der Waals surface area contributed by atoms with Crippen LogP contribution in [0.4, 0.5) is 0 Å². The van der Waals surface area contributed by atoms with Gasteiger partial charge in [0.15, 0.2) is 0 Å². The molecule has 0 aliphatic rings. The molecule has 1 heterocycles. The van der Waals surface area contributed by atoms with Crippen LogP contribution in [-0.2, 0) is 9.84 Å². The van der Waals surface area contributed by atoms with Crippen LogP contribution in [0.1, 0.15) is 50.0 Å². The van der Waals surface area contributed by atoms with E-state index in [1.54, 1.807) is 36.4 Å². The summed E-state index contributed by atoms with van der Waals surface area (Å²) < 4.78 is 34.9. The van der Waals surface area contributed by atoms with Gasteiger partial charge in [0.1, 0.15) is 0 Å². The normalized spacial score (nSPS) is 13.6. The molecule has 3 rings (SSSR count). The molecule has 1 N–H and O–H groups in total. The molecule has 1 atom stereocenters. The van der Waals surface area contributed by atoms with E-state index in [1.807, 2.05) is 37.3 Å². The van der Waals surface area contributed by atoms with Gasteiger partial charge in [0.25, 0.3) is 0 Å². The zero-order valence-corrected chi connectivity index (χ0v) is 20.4. The molecule has 0 radical (unpaired) electrons. The molecule has 1 unspecified atom stereocenters. The van der Waals surface area contributed by atoms with Gasteiger partial charge in [-0.15, -0.1) is 0 Å². The van der Waals surface area contributed by atoms with Crippen molar-refractivity contribution in [2.75, 3.05) is 0 Å². The molecule has 4 nitrogen and oxygen atoms in total. The van der Waals surface area contributed by atoms with Crippen molar-refractivity contribution in [3.05, 3.63) is 93.7 Å². The van der Waals surface area contributed by atoms with Crippen LogP contribution >= 0.6 is 0 Å². The fourth-order valence-corrected chi connectivity index (χ4v) is 7.90. The topological polar surface area (TPSA) is 67.5 Å². The predicted molar refractivity (Wildman–Crippen MR) is 125 cm³/mol. The molecule has 0 fully saturated rings. The fraction of sp³-hybridized carbons (Fsp3) is 0.280. The van der Waals surface area contributed by atoms with Crippen molar-refractivity contribution in [1.82, 2.24) is 0 Å². The number of aryl methyl sites for hydroxylation is 1. The van der Waals surface area contributed by atoms with Crippen molar-refractivity contribution >= 4 is 29.3 Å². The van der Waals surface area contributed by atoms with Gasteiger partial charge in [-0.25, -0.2) is 0 Å². The predicted octanol–water partition coefficient (Wildman–Crippen LogP) is 4.92. The Balaban J connectivity index is 2.17. The minimum atomic E-state index is -3.91. The van der Waals surface area contributed by atoms with Gasteiger partial charge in [0, 0.05) is 0 Å². The number of benzene rings is 2. The van der Waals surface area contributed by atoms with E-state index in [2.05, 4.69) is 6.92 Å². The van der Waals surface area contributed by atoms with E-state index >= 15 is 0 Å². The van der Waals surface area contributed by atoms with Crippen molar-refractivity contribution in [3.63, 3.8) is 0 Å². The Morgan fingerprint density at radius 3 is 2.32 bits per heavy atom. The summed E-state index contributed by atoms with van der Waals surface area (Å²) in [6.45, 7) is 4.03. The first kappa shape index (κ1) is 23.6. The number of hydrogen-bond acceptors (Lipinski definition) is 4. The Bertz CT molecular complexity index is 1090. The van der Waals surface area contributed by atoms with Gasteiger partial charge in [-0.3, -0.25) is 0 Å². The minimum absolute atomic E-state index is 0.0614. The third-order valence-corrected chi connectivity index (χ3v) is 9.65. The molecule has 164 valence electrons. The molecular weight excluding hydrogens is 475 g/mol. The molecule has 1 aromatic heterocycles. The molecule has 0 bridgehead atoms. The summed E-state index contributed by atoms with van der Waals surface area (Å²) in [5.41, 5.74) is 0.979. The van der Waals surface area contributed by atoms with E-state index in [0.717, 1.165) is 33.8 Å². The van der Waals surface area contributed by atoms with Crippen LogP contribution in [0.25, 0.3) is 0 Å². The molecule has 3 aromatic rings. The molecule has 0 saturated heterocycles. The number of hydrogen-bond donors (Lipinski definition) is 1. The van der Waals surface area contributed by atoms with E-state index in [1.165, 1.54) is 6.26 Å². The summed E-state index contributed by atoms with van der Waals surface area (Å²) in [6, 6.07) is 19.9. The molecule has 0 spiro atoms. The second kappa shape index (κ2) is 11.0. The van der Waals surface area contributed by atoms with Crippen molar-refractivity contribution in [3.8, 4) is 0 Å². The number of allylic oxidation sites excluding steroid dienone is 1. The third kappa shape index (κ3) is 5.98. The van der Waals surface area contributed by atoms with Gasteiger partial charge >= 0.3 is 191 Å². The van der Waals surface area contributed by atoms with Crippen LogP contribution in [0.2, 0.25) is 0 Å². The number of unbranched alkanes of at least 4 members (excludes halogenated alkanes) is 2. The maximum absolute atomic E-state index is 13.8. The summed E-state index contributed by atoms with van der Waals surface area (Å²) in [5, 5.41) is 11.2. The standard InChI is InChI=1S/C25H28O4SSe/c1-3-4-6-13-23(31-21-10-7-5-8-11-21)25(24(26)22-12-9-18-29-22)30(27,28)20-16-14-19(2)15-17-20/h5,7-12,14-18,24,26H,3-4,6,13H2,1-2H3/b25-23-. The van der Waals surface area contributed by atoms with E-state index in [-0.39, 0.29) is 30.5 Å².